The fourth-order valence-electron chi connectivity index (χ4n) is 1.33. The molecular weight excluding hydrogens is 214 g/mol. The summed E-state index contributed by atoms with van der Waals surface area (Å²) >= 11 is 1.18. The molecule has 1 unspecified atom stereocenters. The first-order chi connectivity index (χ1) is 7.29. The zero-order chi connectivity index (χ0) is 10.7. The average Bonchev–Trinajstić information content (AvgIpc) is 2.87. The summed E-state index contributed by atoms with van der Waals surface area (Å²) in [6.45, 7) is 1.11. The third-order valence-electron chi connectivity index (χ3n) is 2.15. The first-order valence-electron chi connectivity index (χ1n) is 4.54. The zero-order valence-corrected chi connectivity index (χ0v) is 8.71. The van der Waals surface area contributed by atoms with Crippen LogP contribution in [0, 0.1) is 17.2 Å². The Morgan fingerprint density at radius 3 is 3.27 bits per heavy atom. The summed E-state index contributed by atoms with van der Waals surface area (Å²) in [5.74, 6) is -0.161. The third-order valence-corrected chi connectivity index (χ3v) is 2.96. The second-order valence-electron chi connectivity index (χ2n) is 3.19. The Bertz CT molecular complexity index is 404. The molecule has 1 fully saturated rings. The van der Waals surface area contributed by atoms with Crippen LogP contribution < -0.4 is 5.32 Å². The minimum atomic E-state index is -0.0839. The first kappa shape index (κ1) is 10.1. The van der Waals surface area contributed by atoms with Gasteiger partial charge in [-0.2, -0.15) is 5.26 Å². The fraction of sp³-hybridized carbons (Fsp3) is 0.444. The van der Waals surface area contributed by atoms with Crippen molar-refractivity contribution >= 4 is 22.4 Å². The summed E-state index contributed by atoms with van der Waals surface area (Å²) in [5, 5.41) is 11.7. The van der Waals surface area contributed by atoms with E-state index in [1.165, 1.54) is 17.5 Å². The largest absolute Gasteiger partial charge is 0.381 e. The molecule has 6 heteroatoms. The van der Waals surface area contributed by atoms with Crippen molar-refractivity contribution in [2.75, 3.05) is 18.5 Å². The van der Waals surface area contributed by atoms with Gasteiger partial charge < -0.3 is 10.1 Å². The molecule has 1 aromatic heterocycles. The number of nitrogens with one attached hydrogen (secondary N) is 1. The van der Waals surface area contributed by atoms with Crippen LogP contribution in [0.5, 0.6) is 0 Å². The molecular formula is C9H9N3O2S. The van der Waals surface area contributed by atoms with E-state index in [1.54, 1.807) is 0 Å². The van der Waals surface area contributed by atoms with Crippen LogP contribution in [0.4, 0.5) is 5.13 Å². The first-order valence-corrected chi connectivity index (χ1v) is 5.36. The Kier molecular flexibility index (Phi) is 2.94. The van der Waals surface area contributed by atoms with Gasteiger partial charge in [-0.15, -0.1) is 0 Å². The highest BCUT2D eigenvalue weighted by Gasteiger charge is 2.24. The highest BCUT2D eigenvalue weighted by Crippen LogP contribution is 2.19. The number of ether oxygens (including phenoxy) is 1. The highest BCUT2D eigenvalue weighted by atomic mass is 32.1. The quantitative estimate of drug-likeness (QED) is 0.811. The maximum Gasteiger partial charge on any atom is 0.231 e. The van der Waals surface area contributed by atoms with Crippen molar-refractivity contribution in [2.45, 2.75) is 6.42 Å². The maximum absolute atomic E-state index is 11.6. The summed E-state index contributed by atoms with van der Waals surface area (Å²) in [6, 6.07) is 1.97. The minimum absolute atomic E-state index is 0.0775. The molecule has 1 aromatic rings. The van der Waals surface area contributed by atoms with Crippen molar-refractivity contribution in [3.8, 4) is 6.07 Å². The summed E-state index contributed by atoms with van der Waals surface area (Å²) in [7, 11) is 0. The van der Waals surface area contributed by atoms with E-state index >= 15 is 0 Å². The van der Waals surface area contributed by atoms with Crippen LogP contribution >= 0.6 is 11.3 Å². The molecule has 0 spiro atoms. The lowest BCUT2D eigenvalue weighted by atomic mass is 10.1. The van der Waals surface area contributed by atoms with E-state index in [9.17, 15) is 4.79 Å². The Morgan fingerprint density at radius 1 is 1.80 bits per heavy atom. The van der Waals surface area contributed by atoms with Gasteiger partial charge in [0.05, 0.1) is 18.7 Å². The van der Waals surface area contributed by atoms with Gasteiger partial charge in [0.1, 0.15) is 10.9 Å². The molecule has 0 aromatic carbocycles. The number of carbonyl (C=O) groups is 1. The van der Waals surface area contributed by atoms with Gasteiger partial charge in [0.15, 0.2) is 5.13 Å². The van der Waals surface area contributed by atoms with Crippen molar-refractivity contribution in [1.82, 2.24) is 4.98 Å². The number of rotatable bonds is 2. The lowest BCUT2D eigenvalue weighted by Crippen LogP contribution is -2.22. The molecule has 1 aliphatic rings. The molecule has 1 atom stereocenters. The van der Waals surface area contributed by atoms with Gasteiger partial charge in [0.2, 0.25) is 5.91 Å². The van der Waals surface area contributed by atoms with Gasteiger partial charge in [-0.05, 0) is 6.42 Å². The van der Waals surface area contributed by atoms with E-state index in [2.05, 4.69) is 10.3 Å². The van der Waals surface area contributed by atoms with Gasteiger partial charge in [-0.3, -0.25) is 4.79 Å². The Morgan fingerprint density at radius 2 is 2.67 bits per heavy atom. The molecule has 15 heavy (non-hydrogen) atoms. The van der Waals surface area contributed by atoms with Crippen molar-refractivity contribution in [2.24, 2.45) is 5.92 Å². The molecule has 5 nitrogen and oxygen atoms in total. The number of nitrogens with zero attached hydrogens (tertiary/aromatic N) is 2. The number of anilines is 1. The van der Waals surface area contributed by atoms with E-state index in [1.807, 2.05) is 6.07 Å². The van der Waals surface area contributed by atoms with Crippen LogP contribution in [0.3, 0.4) is 0 Å². The summed E-state index contributed by atoms with van der Waals surface area (Å²) in [5.41, 5.74) is 0. The van der Waals surface area contributed by atoms with Crippen LogP contribution in [-0.4, -0.2) is 24.1 Å². The molecule has 2 heterocycles. The molecule has 78 valence electrons. The molecule has 0 saturated carbocycles. The predicted octanol–water partition coefficient (Wildman–Crippen LogP) is 0.990. The SMILES string of the molecule is N#Cc1cnc(NC(=O)C2CCOC2)s1. The number of thiazole rings is 1. The van der Waals surface area contributed by atoms with Crippen molar-refractivity contribution < 1.29 is 9.53 Å². The predicted molar refractivity (Wildman–Crippen MR) is 54.4 cm³/mol. The Balaban J connectivity index is 1.96. The number of nitriles is 1. The summed E-state index contributed by atoms with van der Waals surface area (Å²) < 4.78 is 5.11. The van der Waals surface area contributed by atoms with Gasteiger partial charge >= 0.3 is 0 Å². The van der Waals surface area contributed by atoms with E-state index in [0.29, 0.717) is 23.2 Å². The van der Waals surface area contributed by atoms with E-state index < -0.39 is 0 Å². The summed E-state index contributed by atoms with van der Waals surface area (Å²) in [6.07, 6.45) is 2.20. The number of carbonyl (C=O) groups excluding carboxylic acids is 1. The number of amides is 1. The smallest absolute Gasteiger partial charge is 0.231 e. The average molecular weight is 223 g/mol. The van der Waals surface area contributed by atoms with E-state index in [0.717, 1.165) is 6.42 Å². The summed E-state index contributed by atoms with van der Waals surface area (Å²) in [4.78, 5) is 16.0. The maximum atomic E-state index is 11.6. The molecule has 2 rings (SSSR count). The number of aromatic nitrogens is 1. The van der Waals surface area contributed by atoms with Gasteiger partial charge in [0, 0.05) is 6.61 Å². The normalized spacial score (nSPS) is 19.8. The fourth-order valence-corrected chi connectivity index (χ4v) is 1.95. The number of hydrogen-bond acceptors (Lipinski definition) is 5. The topological polar surface area (TPSA) is 75.0 Å². The lowest BCUT2D eigenvalue weighted by Gasteiger charge is -2.05. The molecule has 1 N–H and O–H groups in total. The standard InChI is InChI=1S/C9H9N3O2S/c10-3-7-4-11-9(15-7)12-8(13)6-1-2-14-5-6/h4,6H,1-2,5H2,(H,11,12,13). The second-order valence-corrected chi connectivity index (χ2v) is 4.22. The van der Waals surface area contributed by atoms with Crippen molar-refractivity contribution in [3.05, 3.63) is 11.1 Å². The number of hydrogen-bond donors (Lipinski definition) is 1. The van der Waals surface area contributed by atoms with E-state index in [4.69, 9.17) is 10.00 Å². The zero-order valence-electron chi connectivity index (χ0n) is 7.90. The molecule has 0 radical (unpaired) electrons. The van der Waals surface area contributed by atoms with Crippen LogP contribution in [-0.2, 0) is 9.53 Å². The van der Waals surface area contributed by atoms with Crippen LogP contribution in [0.25, 0.3) is 0 Å². The van der Waals surface area contributed by atoms with Crippen molar-refractivity contribution in [1.29, 1.82) is 5.26 Å². The lowest BCUT2D eigenvalue weighted by molar-refractivity contribution is -0.119. The van der Waals surface area contributed by atoms with Crippen LogP contribution in [0.1, 0.15) is 11.3 Å². The monoisotopic (exact) mass is 223 g/mol. The molecule has 1 amide bonds. The molecule has 1 saturated heterocycles. The second kappa shape index (κ2) is 4.38. The van der Waals surface area contributed by atoms with Crippen LogP contribution in [0.15, 0.2) is 6.20 Å². The third kappa shape index (κ3) is 2.32. The minimum Gasteiger partial charge on any atom is -0.381 e. The molecule has 0 bridgehead atoms. The highest BCUT2D eigenvalue weighted by molar-refractivity contribution is 7.16. The van der Waals surface area contributed by atoms with Gasteiger partial charge in [0.25, 0.3) is 0 Å². The van der Waals surface area contributed by atoms with E-state index in [-0.39, 0.29) is 11.8 Å². The molecule has 0 aliphatic carbocycles. The van der Waals surface area contributed by atoms with Gasteiger partial charge in [-0.1, -0.05) is 11.3 Å². The molecule has 1 aliphatic heterocycles. The Hall–Kier alpha value is -1.45. The Labute approximate surface area is 90.7 Å². The van der Waals surface area contributed by atoms with Gasteiger partial charge in [-0.25, -0.2) is 4.98 Å². The van der Waals surface area contributed by atoms with Crippen LogP contribution in [0.2, 0.25) is 0 Å². The van der Waals surface area contributed by atoms with Crippen molar-refractivity contribution in [3.63, 3.8) is 0 Å².